The lowest BCUT2D eigenvalue weighted by Gasteiger charge is -2.24. The Labute approximate surface area is 148 Å². The molecule has 6 heteroatoms. The molecule has 0 spiro atoms. The minimum absolute atomic E-state index is 0.0463. The molecular weight excluding hydrogens is 318 g/mol. The minimum Gasteiger partial charge on any atom is -0.497 e. The van der Waals surface area contributed by atoms with E-state index in [2.05, 4.69) is 16.0 Å². The van der Waals surface area contributed by atoms with Gasteiger partial charge in [0.2, 0.25) is 5.91 Å². The molecule has 3 rings (SSSR count). The minimum atomic E-state index is -0.168. The summed E-state index contributed by atoms with van der Waals surface area (Å²) in [4.78, 5) is 24.4. The highest BCUT2D eigenvalue weighted by Gasteiger charge is 2.37. The van der Waals surface area contributed by atoms with Crippen LogP contribution >= 0.6 is 0 Å². The van der Waals surface area contributed by atoms with E-state index < -0.39 is 0 Å². The lowest BCUT2D eigenvalue weighted by Crippen LogP contribution is -2.45. The van der Waals surface area contributed by atoms with E-state index in [0.29, 0.717) is 36.4 Å². The molecule has 3 unspecified atom stereocenters. The Morgan fingerprint density at radius 3 is 2.80 bits per heavy atom. The molecule has 3 atom stereocenters. The second kappa shape index (κ2) is 8.34. The standard InChI is InChI=1S/C19H27N3O3/c1-25-15-7-4-6-14(11-15)18(23)20-9-10-21-19(24)17-12-13-5-2-3-8-16(13)22-17/h4,6-7,11,13,16-17,22H,2-3,5,8-10,12H2,1H3,(H,20,23)(H,21,24). The van der Waals surface area contributed by atoms with Crippen molar-refractivity contribution in [3.63, 3.8) is 0 Å². The average molecular weight is 345 g/mol. The van der Waals surface area contributed by atoms with Crippen molar-refractivity contribution in [2.45, 2.75) is 44.2 Å². The molecule has 2 fully saturated rings. The smallest absolute Gasteiger partial charge is 0.251 e. The first-order chi connectivity index (χ1) is 12.2. The monoisotopic (exact) mass is 345 g/mol. The highest BCUT2D eigenvalue weighted by molar-refractivity contribution is 5.94. The van der Waals surface area contributed by atoms with Gasteiger partial charge in [-0.15, -0.1) is 0 Å². The maximum absolute atomic E-state index is 12.3. The number of nitrogens with one attached hydrogen (secondary N) is 3. The Hall–Kier alpha value is -2.08. The van der Waals surface area contributed by atoms with Crippen LogP contribution in [0.5, 0.6) is 5.75 Å². The first kappa shape index (κ1) is 17.7. The molecule has 1 saturated carbocycles. The average Bonchev–Trinajstić information content (AvgIpc) is 3.09. The SMILES string of the molecule is COc1cccc(C(=O)NCCNC(=O)C2CC3CCCCC3N2)c1. The summed E-state index contributed by atoms with van der Waals surface area (Å²) in [5.41, 5.74) is 0.548. The first-order valence-electron chi connectivity index (χ1n) is 9.13. The zero-order valence-corrected chi connectivity index (χ0v) is 14.7. The molecule has 1 heterocycles. The van der Waals surface area contributed by atoms with Crippen LogP contribution in [0.2, 0.25) is 0 Å². The Balaban J connectivity index is 1.38. The fraction of sp³-hybridized carbons (Fsp3) is 0.579. The third kappa shape index (κ3) is 4.51. The summed E-state index contributed by atoms with van der Waals surface area (Å²) >= 11 is 0. The van der Waals surface area contributed by atoms with Crippen molar-refractivity contribution in [3.8, 4) is 5.75 Å². The molecule has 2 aliphatic rings. The molecular formula is C19H27N3O3. The Bertz CT molecular complexity index is 606. The number of hydrogen-bond donors (Lipinski definition) is 3. The second-order valence-electron chi connectivity index (χ2n) is 6.88. The van der Waals surface area contributed by atoms with Gasteiger partial charge in [0, 0.05) is 24.7 Å². The largest absolute Gasteiger partial charge is 0.497 e. The number of rotatable bonds is 6. The van der Waals surface area contributed by atoms with Gasteiger partial charge in [-0.25, -0.2) is 0 Å². The van der Waals surface area contributed by atoms with E-state index in [1.807, 2.05) is 0 Å². The van der Waals surface area contributed by atoms with E-state index in [0.717, 1.165) is 6.42 Å². The Morgan fingerprint density at radius 2 is 2.00 bits per heavy atom. The number of ether oxygens (including phenoxy) is 1. The lowest BCUT2D eigenvalue weighted by molar-refractivity contribution is -0.122. The quantitative estimate of drug-likeness (QED) is 0.682. The summed E-state index contributed by atoms with van der Waals surface area (Å²) < 4.78 is 5.12. The summed E-state index contributed by atoms with van der Waals surface area (Å²) in [7, 11) is 1.57. The van der Waals surface area contributed by atoms with Gasteiger partial charge >= 0.3 is 0 Å². The van der Waals surface area contributed by atoms with Gasteiger partial charge in [-0.2, -0.15) is 0 Å². The predicted octanol–water partition coefficient (Wildman–Crippen LogP) is 1.46. The lowest BCUT2D eigenvalue weighted by atomic mass is 9.85. The van der Waals surface area contributed by atoms with Crippen molar-refractivity contribution in [1.29, 1.82) is 0 Å². The van der Waals surface area contributed by atoms with Crippen molar-refractivity contribution < 1.29 is 14.3 Å². The topological polar surface area (TPSA) is 79.5 Å². The van der Waals surface area contributed by atoms with Gasteiger partial charge in [0.1, 0.15) is 5.75 Å². The van der Waals surface area contributed by atoms with Crippen LogP contribution in [0.1, 0.15) is 42.5 Å². The molecule has 0 aromatic heterocycles. The van der Waals surface area contributed by atoms with Crippen LogP contribution in [0.15, 0.2) is 24.3 Å². The van der Waals surface area contributed by atoms with E-state index in [4.69, 9.17) is 4.74 Å². The van der Waals surface area contributed by atoms with Crippen LogP contribution < -0.4 is 20.7 Å². The Kier molecular flexibility index (Phi) is 5.91. The van der Waals surface area contributed by atoms with Gasteiger partial charge in [0.05, 0.1) is 13.2 Å². The molecule has 1 aromatic rings. The zero-order chi connectivity index (χ0) is 17.6. The normalized spacial score (nSPS) is 25.1. The molecule has 0 radical (unpaired) electrons. The number of amides is 2. The molecule has 1 saturated heterocycles. The summed E-state index contributed by atoms with van der Waals surface area (Å²) in [6, 6.07) is 7.43. The van der Waals surface area contributed by atoms with Crippen molar-refractivity contribution >= 4 is 11.8 Å². The van der Waals surface area contributed by atoms with Gasteiger partial charge in [-0.3, -0.25) is 9.59 Å². The van der Waals surface area contributed by atoms with Crippen LogP contribution in [0.25, 0.3) is 0 Å². The van der Waals surface area contributed by atoms with E-state index in [1.54, 1.807) is 31.4 Å². The van der Waals surface area contributed by atoms with Crippen LogP contribution in [0.4, 0.5) is 0 Å². The number of hydrogen-bond acceptors (Lipinski definition) is 4. The fourth-order valence-corrected chi connectivity index (χ4v) is 3.87. The van der Waals surface area contributed by atoms with Crippen LogP contribution in [0, 0.1) is 5.92 Å². The van der Waals surface area contributed by atoms with Crippen molar-refractivity contribution in [3.05, 3.63) is 29.8 Å². The molecule has 0 bridgehead atoms. The highest BCUT2D eigenvalue weighted by atomic mass is 16.5. The molecule has 2 amide bonds. The van der Waals surface area contributed by atoms with E-state index in [-0.39, 0.29) is 17.9 Å². The van der Waals surface area contributed by atoms with Crippen molar-refractivity contribution in [2.24, 2.45) is 5.92 Å². The molecule has 1 aliphatic carbocycles. The summed E-state index contributed by atoms with van der Waals surface area (Å²) in [5.74, 6) is 1.18. The zero-order valence-electron chi connectivity index (χ0n) is 14.7. The Morgan fingerprint density at radius 1 is 1.20 bits per heavy atom. The molecule has 1 aromatic carbocycles. The third-order valence-electron chi connectivity index (χ3n) is 5.22. The summed E-state index contributed by atoms with van der Waals surface area (Å²) in [6.45, 7) is 0.837. The third-order valence-corrected chi connectivity index (χ3v) is 5.22. The molecule has 3 N–H and O–H groups in total. The predicted molar refractivity (Wildman–Crippen MR) is 95.6 cm³/mol. The molecule has 6 nitrogen and oxygen atoms in total. The number of methoxy groups -OCH3 is 1. The number of fused-ring (bicyclic) bond motifs is 1. The van der Waals surface area contributed by atoms with Crippen LogP contribution in [-0.4, -0.2) is 44.1 Å². The van der Waals surface area contributed by atoms with Gasteiger partial charge in [-0.05, 0) is 43.4 Å². The van der Waals surface area contributed by atoms with Crippen LogP contribution in [0.3, 0.4) is 0 Å². The van der Waals surface area contributed by atoms with Gasteiger partial charge in [-0.1, -0.05) is 18.9 Å². The maximum atomic E-state index is 12.3. The van der Waals surface area contributed by atoms with E-state index in [9.17, 15) is 9.59 Å². The van der Waals surface area contributed by atoms with Gasteiger partial charge in [0.15, 0.2) is 0 Å². The van der Waals surface area contributed by atoms with Gasteiger partial charge in [0.25, 0.3) is 5.91 Å². The summed E-state index contributed by atoms with van der Waals surface area (Å²) in [5, 5.41) is 9.21. The van der Waals surface area contributed by atoms with Gasteiger partial charge < -0.3 is 20.7 Å². The first-order valence-corrected chi connectivity index (χ1v) is 9.13. The van der Waals surface area contributed by atoms with Crippen molar-refractivity contribution in [2.75, 3.05) is 20.2 Å². The summed E-state index contributed by atoms with van der Waals surface area (Å²) in [6.07, 6.45) is 5.90. The molecule has 25 heavy (non-hydrogen) atoms. The fourth-order valence-electron chi connectivity index (χ4n) is 3.87. The van der Waals surface area contributed by atoms with E-state index >= 15 is 0 Å². The van der Waals surface area contributed by atoms with Crippen molar-refractivity contribution in [1.82, 2.24) is 16.0 Å². The number of carbonyl (C=O) groups excluding carboxylic acids is 2. The van der Waals surface area contributed by atoms with Crippen LogP contribution in [-0.2, 0) is 4.79 Å². The number of carbonyl (C=O) groups is 2. The molecule has 136 valence electrons. The second-order valence-corrected chi connectivity index (χ2v) is 6.88. The van der Waals surface area contributed by atoms with E-state index in [1.165, 1.54) is 25.7 Å². The maximum Gasteiger partial charge on any atom is 0.251 e. The molecule has 1 aliphatic heterocycles. The number of benzene rings is 1. The highest BCUT2D eigenvalue weighted by Crippen LogP contribution is 2.33.